The van der Waals surface area contributed by atoms with Gasteiger partial charge in [0.15, 0.2) is 4.90 Å². The van der Waals surface area contributed by atoms with Crippen LogP contribution in [0, 0.1) is 6.07 Å². The molecule has 0 aliphatic rings. The van der Waals surface area contributed by atoms with Gasteiger partial charge in [-0.1, -0.05) is 0 Å². The summed E-state index contributed by atoms with van der Waals surface area (Å²) in [7, 11) is 0. The summed E-state index contributed by atoms with van der Waals surface area (Å²) in [5.74, 6) is 0. The second-order valence-corrected chi connectivity index (χ2v) is 4.12. The lowest BCUT2D eigenvalue weighted by Gasteiger charge is -2.04. The summed E-state index contributed by atoms with van der Waals surface area (Å²) in [6.45, 7) is 0. The molecule has 1 atom stereocenters. The molecule has 0 amide bonds. The Bertz CT molecular complexity index is 428. The predicted molar refractivity (Wildman–Crippen MR) is 52.9 cm³/mol. The van der Waals surface area contributed by atoms with Gasteiger partial charge >= 0.3 is 0 Å². The first kappa shape index (κ1) is 8.53. The van der Waals surface area contributed by atoms with Gasteiger partial charge in [-0.15, -0.1) is 0 Å². The van der Waals surface area contributed by atoms with E-state index in [0.717, 1.165) is 15.8 Å². The van der Waals surface area contributed by atoms with Crippen LogP contribution in [0.15, 0.2) is 35.4 Å². The van der Waals surface area contributed by atoms with Crippen LogP contribution < -0.4 is 0 Å². The van der Waals surface area contributed by atoms with Crippen LogP contribution in [-0.2, 0) is 11.2 Å². The van der Waals surface area contributed by atoms with Crippen molar-refractivity contribution >= 4 is 22.1 Å². The first-order valence-electron chi connectivity index (χ1n) is 3.86. The van der Waals surface area contributed by atoms with Gasteiger partial charge in [0.2, 0.25) is 0 Å². The van der Waals surface area contributed by atoms with Crippen LogP contribution in [0.25, 0.3) is 10.9 Å². The quantitative estimate of drug-likeness (QED) is 0.642. The third kappa shape index (κ3) is 1.66. The summed E-state index contributed by atoms with van der Waals surface area (Å²) >= 11 is -0.927. The Labute approximate surface area is 79.8 Å². The van der Waals surface area contributed by atoms with E-state index in [2.05, 4.69) is 11.1 Å². The maximum absolute atomic E-state index is 11.2. The molecule has 3 heteroatoms. The zero-order valence-corrected chi connectivity index (χ0v) is 7.97. The van der Waals surface area contributed by atoms with Crippen LogP contribution in [0.5, 0.6) is 0 Å². The van der Waals surface area contributed by atoms with Crippen molar-refractivity contribution in [3.8, 4) is 0 Å². The Morgan fingerprint density at radius 2 is 2.31 bits per heavy atom. The maximum Gasteiger partial charge on any atom is 0.153 e. The van der Waals surface area contributed by atoms with Crippen LogP contribution in [0.2, 0.25) is 0 Å². The molecule has 65 valence electrons. The highest BCUT2D eigenvalue weighted by Crippen LogP contribution is 2.16. The molecule has 0 N–H and O–H groups in total. The number of pyridine rings is 1. The summed E-state index contributed by atoms with van der Waals surface area (Å²) in [6, 6.07) is 10.3. The van der Waals surface area contributed by atoms with Crippen molar-refractivity contribution < 1.29 is 4.55 Å². The Kier molecular flexibility index (Phi) is 2.20. The average Bonchev–Trinajstić information content (AvgIpc) is 2.17. The highest BCUT2D eigenvalue weighted by atomic mass is 32.2. The molecule has 0 bridgehead atoms. The number of fused-ring (bicyclic) bond motifs is 1. The fourth-order valence-corrected chi connectivity index (χ4v) is 1.73. The van der Waals surface area contributed by atoms with Gasteiger partial charge < -0.3 is 4.55 Å². The van der Waals surface area contributed by atoms with E-state index in [0.29, 0.717) is 0 Å². The van der Waals surface area contributed by atoms with Crippen molar-refractivity contribution in [2.45, 2.75) is 4.90 Å². The molecule has 0 aliphatic heterocycles. The molecule has 13 heavy (non-hydrogen) atoms. The van der Waals surface area contributed by atoms with Gasteiger partial charge in [-0.25, -0.2) is 0 Å². The number of aromatic nitrogens is 1. The molecular formula is C10H8NOS. The van der Waals surface area contributed by atoms with Crippen LogP contribution in [-0.4, -0.2) is 15.8 Å². The second-order valence-electron chi connectivity index (χ2n) is 2.74. The normalized spacial score (nSPS) is 13.1. The lowest BCUT2D eigenvalue weighted by atomic mass is 10.2. The van der Waals surface area contributed by atoms with Crippen molar-refractivity contribution in [3.05, 3.63) is 36.5 Å². The van der Waals surface area contributed by atoms with Crippen molar-refractivity contribution in [2.24, 2.45) is 0 Å². The van der Waals surface area contributed by atoms with E-state index in [9.17, 15) is 4.55 Å². The smallest absolute Gasteiger partial charge is 0.153 e. The number of rotatable bonds is 1. The molecule has 1 aromatic carbocycles. The monoisotopic (exact) mass is 190 g/mol. The third-order valence-corrected chi connectivity index (χ3v) is 2.77. The van der Waals surface area contributed by atoms with Crippen LogP contribution in [0.4, 0.5) is 0 Å². The Hall–Kier alpha value is -1.06. The van der Waals surface area contributed by atoms with Gasteiger partial charge in [-0.2, -0.15) is 0 Å². The standard InChI is InChI=1S/C10H8NOS/c1-13(12)9-4-5-10-8(7-9)3-2-6-11-10/h3-7H,1H3. The van der Waals surface area contributed by atoms with Crippen LogP contribution in [0.1, 0.15) is 0 Å². The van der Waals surface area contributed by atoms with E-state index < -0.39 is 11.2 Å². The molecule has 2 nitrogen and oxygen atoms in total. The van der Waals surface area contributed by atoms with Gasteiger partial charge in [0.05, 0.1) is 5.52 Å². The summed E-state index contributed by atoms with van der Waals surface area (Å²) in [4.78, 5) is 4.95. The Balaban J connectivity index is 2.62. The van der Waals surface area contributed by atoms with Gasteiger partial charge in [0.25, 0.3) is 0 Å². The molecule has 2 rings (SSSR count). The summed E-state index contributed by atoms with van der Waals surface area (Å²) in [5, 5.41) is 0.982. The van der Waals surface area contributed by atoms with Crippen molar-refractivity contribution in [1.29, 1.82) is 0 Å². The predicted octanol–water partition coefficient (Wildman–Crippen LogP) is 1.77. The molecule has 1 radical (unpaired) electrons. The minimum Gasteiger partial charge on any atom is -0.612 e. The maximum atomic E-state index is 11.2. The molecule has 0 saturated heterocycles. The topological polar surface area (TPSA) is 36.0 Å². The Morgan fingerprint density at radius 1 is 1.46 bits per heavy atom. The first-order chi connectivity index (χ1) is 6.27. The van der Waals surface area contributed by atoms with E-state index >= 15 is 0 Å². The van der Waals surface area contributed by atoms with E-state index in [-0.39, 0.29) is 0 Å². The molecule has 1 aromatic heterocycles. The average molecular weight is 190 g/mol. The summed E-state index contributed by atoms with van der Waals surface area (Å²) in [6.07, 6.45) is 3.30. The highest BCUT2D eigenvalue weighted by molar-refractivity contribution is 7.90. The number of hydrogen-bond acceptors (Lipinski definition) is 2. The minimum atomic E-state index is -0.927. The fourth-order valence-electron chi connectivity index (χ4n) is 1.18. The first-order valence-corrected chi connectivity index (χ1v) is 5.42. The fraction of sp³-hybridized carbons (Fsp3) is 0.100. The minimum absolute atomic E-state index is 0.828. The van der Waals surface area contributed by atoms with Gasteiger partial charge in [0.1, 0.15) is 6.26 Å². The third-order valence-electron chi connectivity index (χ3n) is 1.85. The largest absolute Gasteiger partial charge is 0.612 e. The SMILES string of the molecule is C[S+]([O-])c1ccc2nc[c]cc2c1. The molecule has 0 saturated carbocycles. The van der Waals surface area contributed by atoms with Crippen molar-refractivity contribution in [1.82, 2.24) is 4.98 Å². The summed E-state index contributed by atoms with van der Waals surface area (Å²) in [5.41, 5.74) is 0.910. The van der Waals surface area contributed by atoms with Crippen molar-refractivity contribution in [2.75, 3.05) is 6.26 Å². The van der Waals surface area contributed by atoms with Gasteiger partial charge in [-0.3, -0.25) is 4.98 Å². The lowest BCUT2D eigenvalue weighted by Crippen LogP contribution is -1.96. The number of hydrogen-bond donors (Lipinski definition) is 0. The molecule has 0 spiro atoms. The molecule has 1 unspecified atom stereocenters. The van der Waals surface area contributed by atoms with E-state index in [1.807, 2.05) is 24.3 Å². The molecule has 1 heterocycles. The van der Waals surface area contributed by atoms with Gasteiger partial charge in [-0.05, 0) is 29.4 Å². The van der Waals surface area contributed by atoms with E-state index in [4.69, 9.17) is 0 Å². The number of benzene rings is 1. The van der Waals surface area contributed by atoms with Crippen LogP contribution >= 0.6 is 0 Å². The number of nitrogens with zero attached hydrogens (tertiary/aromatic N) is 1. The highest BCUT2D eigenvalue weighted by Gasteiger charge is 2.04. The van der Waals surface area contributed by atoms with E-state index in [1.165, 1.54) is 0 Å². The van der Waals surface area contributed by atoms with Crippen LogP contribution in [0.3, 0.4) is 0 Å². The lowest BCUT2D eigenvalue weighted by molar-refractivity contribution is 0.601. The second kappa shape index (κ2) is 3.36. The molecule has 0 fully saturated rings. The van der Waals surface area contributed by atoms with E-state index in [1.54, 1.807) is 12.5 Å². The Morgan fingerprint density at radius 3 is 3.08 bits per heavy atom. The van der Waals surface area contributed by atoms with Crippen molar-refractivity contribution in [3.63, 3.8) is 0 Å². The molecule has 2 aromatic rings. The molecular weight excluding hydrogens is 182 g/mol. The molecule has 0 aliphatic carbocycles. The zero-order chi connectivity index (χ0) is 9.26. The summed E-state index contributed by atoms with van der Waals surface area (Å²) < 4.78 is 11.2. The zero-order valence-electron chi connectivity index (χ0n) is 7.15. The van der Waals surface area contributed by atoms with Gasteiger partial charge in [0, 0.05) is 23.7 Å².